The quantitative estimate of drug-likeness (QED) is 0.686. The van der Waals surface area contributed by atoms with Crippen molar-refractivity contribution in [3.05, 3.63) is 58.6 Å². The standard InChI is InChI=1S/C18H17FN2O3S2/c1-3-26(23,24)14-7-4-12(5-8-14)10-17(22)20-18-21(2)15-9-6-13(19)11-16(15)25-18/h4-9,11H,3,10H2,1-2H3. The number of halogens is 1. The van der Waals surface area contributed by atoms with Gasteiger partial charge in [0.1, 0.15) is 5.82 Å². The summed E-state index contributed by atoms with van der Waals surface area (Å²) in [4.78, 5) is 17.1. The third-order valence-corrected chi connectivity index (χ3v) is 6.85. The Morgan fingerprint density at radius 3 is 2.54 bits per heavy atom. The average molecular weight is 392 g/mol. The number of hydrogen-bond acceptors (Lipinski definition) is 4. The molecule has 26 heavy (non-hydrogen) atoms. The van der Waals surface area contributed by atoms with Crippen molar-refractivity contribution in [1.29, 1.82) is 0 Å². The first-order chi connectivity index (χ1) is 12.3. The van der Waals surface area contributed by atoms with Crippen molar-refractivity contribution in [2.75, 3.05) is 5.75 Å². The molecule has 0 spiro atoms. The highest BCUT2D eigenvalue weighted by Crippen LogP contribution is 2.18. The van der Waals surface area contributed by atoms with Crippen LogP contribution in [0.2, 0.25) is 0 Å². The van der Waals surface area contributed by atoms with Crippen LogP contribution in [0.25, 0.3) is 10.2 Å². The summed E-state index contributed by atoms with van der Waals surface area (Å²) in [6.07, 6.45) is 0.0645. The van der Waals surface area contributed by atoms with E-state index in [0.29, 0.717) is 15.1 Å². The third kappa shape index (κ3) is 3.76. The molecule has 0 saturated heterocycles. The highest BCUT2D eigenvalue weighted by Gasteiger charge is 2.12. The predicted molar refractivity (Wildman–Crippen MR) is 99.2 cm³/mol. The molecule has 8 heteroatoms. The number of amides is 1. The molecule has 1 aromatic heterocycles. The molecule has 5 nitrogen and oxygen atoms in total. The maximum absolute atomic E-state index is 13.3. The van der Waals surface area contributed by atoms with Crippen molar-refractivity contribution in [2.24, 2.45) is 12.0 Å². The molecule has 0 unspecified atom stereocenters. The van der Waals surface area contributed by atoms with Gasteiger partial charge in [-0.2, -0.15) is 4.99 Å². The first kappa shape index (κ1) is 18.5. The largest absolute Gasteiger partial charge is 0.319 e. The zero-order chi connectivity index (χ0) is 18.9. The van der Waals surface area contributed by atoms with Gasteiger partial charge < -0.3 is 4.57 Å². The fraction of sp³-hybridized carbons (Fsp3) is 0.222. The van der Waals surface area contributed by atoms with E-state index < -0.39 is 9.84 Å². The number of sulfone groups is 1. The van der Waals surface area contributed by atoms with E-state index in [1.165, 1.54) is 35.6 Å². The van der Waals surface area contributed by atoms with Crippen molar-refractivity contribution >= 4 is 37.3 Å². The summed E-state index contributed by atoms with van der Waals surface area (Å²) in [5.74, 6) is -0.651. The fourth-order valence-electron chi connectivity index (χ4n) is 2.52. The highest BCUT2D eigenvalue weighted by molar-refractivity contribution is 7.91. The van der Waals surface area contributed by atoms with Crippen LogP contribution in [0.4, 0.5) is 4.39 Å². The first-order valence-electron chi connectivity index (χ1n) is 7.94. The third-order valence-electron chi connectivity index (χ3n) is 4.01. The Morgan fingerprint density at radius 2 is 1.88 bits per heavy atom. The van der Waals surface area contributed by atoms with Gasteiger partial charge in [0.25, 0.3) is 5.91 Å². The SMILES string of the molecule is CCS(=O)(=O)c1ccc(CC(=O)N=c2sc3cc(F)ccc3n2C)cc1. The molecular formula is C18H17FN2O3S2. The molecule has 0 aliphatic heterocycles. The molecule has 1 amide bonds. The van der Waals surface area contributed by atoms with E-state index in [1.807, 2.05) is 0 Å². The number of hydrogen-bond donors (Lipinski definition) is 0. The molecule has 0 aliphatic carbocycles. The number of carbonyl (C=O) groups is 1. The van der Waals surface area contributed by atoms with Crippen molar-refractivity contribution in [1.82, 2.24) is 4.57 Å². The minimum Gasteiger partial charge on any atom is -0.319 e. The molecule has 0 aliphatic rings. The van der Waals surface area contributed by atoms with Gasteiger partial charge in [0.05, 0.1) is 27.3 Å². The van der Waals surface area contributed by atoms with Gasteiger partial charge in [-0.3, -0.25) is 4.79 Å². The topological polar surface area (TPSA) is 68.5 Å². The molecule has 136 valence electrons. The van der Waals surface area contributed by atoms with Crippen molar-refractivity contribution in [3.8, 4) is 0 Å². The van der Waals surface area contributed by atoms with Crippen molar-refractivity contribution in [2.45, 2.75) is 18.2 Å². The number of benzene rings is 2. The second kappa shape index (κ2) is 7.13. The summed E-state index contributed by atoms with van der Waals surface area (Å²) in [6.45, 7) is 1.59. The minimum atomic E-state index is -3.26. The van der Waals surface area contributed by atoms with Gasteiger partial charge in [0.15, 0.2) is 14.6 Å². The van der Waals surface area contributed by atoms with Crippen LogP contribution in [-0.2, 0) is 28.1 Å². The average Bonchev–Trinajstić information content (AvgIpc) is 2.90. The molecule has 1 heterocycles. The van der Waals surface area contributed by atoms with Gasteiger partial charge in [0, 0.05) is 7.05 Å². The molecule has 3 rings (SSSR count). The number of aryl methyl sites for hydroxylation is 1. The number of nitrogens with zero attached hydrogens (tertiary/aromatic N) is 2. The van der Waals surface area contributed by atoms with E-state index in [4.69, 9.17) is 0 Å². The Kier molecular flexibility index (Phi) is 5.06. The molecular weight excluding hydrogens is 375 g/mol. The first-order valence-corrected chi connectivity index (χ1v) is 10.4. The van der Waals surface area contributed by atoms with Crippen LogP contribution in [0.5, 0.6) is 0 Å². The summed E-state index contributed by atoms with van der Waals surface area (Å²) >= 11 is 1.24. The van der Waals surface area contributed by atoms with Gasteiger partial charge in [-0.1, -0.05) is 30.4 Å². The normalized spacial score (nSPS) is 12.7. The number of fused-ring (bicyclic) bond motifs is 1. The summed E-state index contributed by atoms with van der Waals surface area (Å²) in [5.41, 5.74) is 1.49. The second-order valence-corrected chi connectivity index (χ2v) is 9.07. The van der Waals surface area contributed by atoms with Gasteiger partial charge in [0.2, 0.25) is 0 Å². The Labute approximate surface area is 154 Å². The summed E-state index contributed by atoms with van der Waals surface area (Å²) in [5, 5.41) is 0. The van der Waals surface area contributed by atoms with Crippen LogP contribution < -0.4 is 4.80 Å². The van der Waals surface area contributed by atoms with Crippen molar-refractivity contribution in [3.63, 3.8) is 0 Å². The maximum Gasteiger partial charge on any atom is 0.252 e. The van der Waals surface area contributed by atoms with Crippen molar-refractivity contribution < 1.29 is 17.6 Å². The van der Waals surface area contributed by atoms with E-state index in [0.717, 1.165) is 5.52 Å². The van der Waals surface area contributed by atoms with E-state index in [-0.39, 0.29) is 28.8 Å². The zero-order valence-electron chi connectivity index (χ0n) is 14.3. The molecule has 0 radical (unpaired) electrons. The van der Waals surface area contributed by atoms with Gasteiger partial charge in [-0.05, 0) is 35.9 Å². The second-order valence-electron chi connectivity index (χ2n) is 5.79. The zero-order valence-corrected chi connectivity index (χ0v) is 15.9. The molecule has 0 atom stereocenters. The summed E-state index contributed by atoms with van der Waals surface area (Å²) in [7, 11) is -1.49. The molecule has 0 bridgehead atoms. The predicted octanol–water partition coefficient (Wildman–Crippen LogP) is 2.84. The smallest absolute Gasteiger partial charge is 0.252 e. The Morgan fingerprint density at radius 1 is 1.19 bits per heavy atom. The molecule has 0 N–H and O–H groups in total. The molecule has 3 aromatic rings. The number of carbonyl (C=O) groups excluding carboxylic acids is 1. The van der Waals surface area contributed by atoms with Crippen LogP contribution >= 0.6 is 11.3 Å². The van der Waals surface area contributed by atoms with E-state index >= 15 is 0 Å². The lowest BCUT2D eigenvalue weighted by atomic mass is 10.1. The highest BCUT2D eigenvalue weighted by atomic mass is 32.2. The lowest BCUT2D eigenvalue weighted by Gasteiger charge is -2.02. The lowest BCUT2D eigenvalue weighted by Crippen LogP contribution is -2.14. The fourth-order valence-corrected chi connectivity index (χ4v) is 4.46. The minimum absolute atomic E-state index is 0.0314. The van der Waals surface area contributed by atoms with Crippen LogP contribution in [0.3, 0.4) is 0 Å². The Balaban J connectivity index is 1.85. The molecule has 0 saturated carbocycles. The molecule has 0 fully saturated rings. The van der Waals surface area contributed by atoms with E-state index in [9.17, 15) is 17.6 Å². The van der Waals surface area contributed by atoms with E-state index in [1.54, 1.807) is 36.7 Å². The Hall–Kier alpha value is -2.32. The number of thiazole rings is 1. The number of aromatic nitrogens is 1. The van der Waals surface area contributed by atoms with Gasteiger partial charge in [-0.25, -0.2) is 12.8 Å². The molecule has 2 aromatic carbocycles. The lowest BCUT2D eigenvalue weighted by molar-refractivity contribution is -0.117. The maximum atomic E-state index is 13.3. The van der Waals surface area contributed by atoms with Crippen LogP contribution in [0.1, 0.15) is 12.5 Å². The number of rotatable bonds is 4. The van der Waals surface area contributed by atoms with Crippen LogP contribution in [-0.4, -0.2) is 24.6 Å². The van der Waals surface area contributed by atoms with Gasteiger partial charge >= 0.3 is 0 Å². The van der Waals surface area contributed by atoms with Crippen LogP contribution in [0, 0.1) is 5.82 Å². The Bertz CT molecular complexity index is 1140. The van der Waals surface area contributed by atoms with Gasteiger partial charge in [-0.15, -0.1) is 0 Å². The summed E-state index contributed by atoms with van der Waals surface area (Å²) < 4.78 is 39.4. The van der Waals surface area contributed by atoms with E-state index in [2.05, 4.69) is 4.99 Å². The summed E-state index contributed by atoms with van der Waals surface area (Å²) in [6, 6.07) is 10.7. The van der Waals surface area contributed by atoms with Crippen LogP contribution in [0.15, 0.2) is 52.4 Å². The monoisotopic (exact) mass is 392 g/mol.